The monoisotopic (exact) mass is 476 g/mol. The lowest BCUT2D eigenvalue weighted by atomic mass is 9.89. The van der Waals surface area contributed by atoms with Gasteiger partial charge in [0, 0.05) is 17.0 Å². The largest absolute Gasteiger partial charge is 0.480 e. The van der Waals surface area contributed by atoms with Crippen molar-refractivity contribution in [3.63, 3.8) is 0 Å². The lowest BCUT2D eigenvalue weighted by Crippen LogP contribution is -2.16. The molecule has 170 valence electrons. The maximum absolute atomic E-state index is 11.3. The molecule has 9 heteroatoms. The molecular weight excluding hydrogens is 452 g/mol. The molecule has 32 heavy (non-hydrogen) atoms. The molecule has 0 saturated heterocycles. The normalized spacial score (nSPS) is 15.3. The molecule has 1 aliphatic carbocycles. The molecule has 1 aliphatic rings. The van der Waals surface area contributed by atoms with Gasteiger partial charge in [-0.15, -0.1) is 0 Å². The van der Waals surface area contributed by atoms with Crippen LogP contribution in [-0.4, -0.2) is 35.5 Å². The second kappa shape index (κ2) is 10.2. The number of sulfone groups is 1. The first-order chi connectivity index (χ1) is 15.1. The van der Waals surface area contributed by atoms with Gasteiger partial charge in [-0.3, -0.25) is 9.48 Å². The summed E-state index contributed by atoms with van der Waals surface area (Å²) in [5.74, 6) is 0.870. The first kappa shape index (κ1) is 23.8. The van der Waals surface area contributed by atoms with Crippen LogP contribution in [0.5, 0.6) is 11.5 Å². The lowest BCUT2D eigenvalue weighted by Gasteiger charge is -2.18. The Bertz CT molecular complexity index is 1190. The summed E-state index contributed by atoms with van der Waals surface area (Å²) in [7, 11) is -3.18. The van der Waals surface area contributed by atoms with Gasteiger partial charge in [0.15, 0.2) is 9.84 Å². The number of fused-ring (bicyclic) bond motifs is 1. The summed E-state index contributed by atoms with van der Waals surface area (Å²) < 4.78 is 29.7. The van der Waals surface area contributed by atoms with Gasteiger partial charge in [0.2, 0.25) is 0 Å². The highest BCUT2D eigenvalue weighted by molar-refractivity contribution is 7.90. The van der Waals surface area contributed by atoms with E-state index in [0.717, 1.165) is 18.5 Å². The molecule has 0 fully saturated rings. The van der Waals surface area contributed by atoms with E-state index < -0.39 is 15.8 Å². The van der Waals surface area contributed by atoms with E-state index in [0.29, 0.717) is 22.4 Å². The fraction of sp³-hybridized carbons (Fsp3) is 0.304. The van der Waals surface area contributed by atoms with E-state index in [1.807, 2.05) is 6.20 Å². The predicted molar refractivity (Wildman–Crippen MR) is 122 cm³/mol. The average Bonchev–Trinajstić information content (AvgIpc) is 3.12. The molecule has 1 unspecified atom stereocenters. The smallest absolute Gasteiger partial charge is 0.325 e. The minimum absolute atomic E-state index is 0.0119. The number of benzene rings is 2. The summed E-state index contributed by atoms with van der Waals surface area (Å²) in [6.07, 6.45) is 6.28. The summed E-state index contributed by atoms with van der Waals surface area (Å²) in [6.45, 7) is 2.16. The lowest BCUT2D eigenvalue weighted by molar-refractivity contribution is -0.137. The van der Waals surface area contributed by atoms with Gasteiger partial charge < -0.3 is 9.84 Å². The van der Waals surface area contributed by atoms with E-state index in [1.165, 1.54) is 30.4 Å². The molecule has 1 heterocycles. The molecule has 0 aliphatic heterocycles. The van der Waals surface area contributed by atoms with Crippen LogP contribution in [0.1, 0.15) is 36.9 Å². The molecule has 0 saturated carbocycles. The van der Waals surface area contributed by atoms with Crippen LogP contribution in [-0.2, 0) is 27.6 Å². The number of hydrogen-bond acceptors (Lipinski definition) is 5. The Labute approximate surface area is 192 Å². The van der Waals surface area contributed by atoms with Gasteiger partial charge in [-0.1, -0.05) is 24.6 Å². The number of aliphatic carboxylic acids is 1. The molecular formula is C23H25ClN2O5S. The molecule has 1 N–H and O–H groups in total. The second-order valence-electron chi connectivity index (χ2n) is 7.69. The van der Waals surface area contributed by atoms with Crippen LogP contribution in [0.25, 0.3) is 0 Å². The Morgan fingerprint density at radius 2 is 1.94 bits per heavy atom. The van der Waals surface area contributed by atoms with Crippen molar-refractivity contribution in [1.82, 2.24) is 9.78 Å². The molecule has 0 spiro atoms. The number of aromatic nitrogens is 2. The van der Waals surface area contributed by atoms with Crippen LogP contribution in [0.3, 0.4) is 0 Å². The fourth-order valence-electron chi connectivity index (χ4n) is 3.53. The third kappa shape index (κ3) is 6.34. The van der Waals surface area contributed by atoms with E-state index in [4.69, 9.17) is 21.4 Å². The summed E-state index contributed by atoms with van der Waals surface area (Å²) in [6, 6.07) is 13.2. The maximum atomic E-state index is 11.3. The summed E-state index contributed by atoms with van der Waals surface area (Å²) in [5.41, 5.74) is 2.35. The number of hydrogen-bond donors (Lipinski definition) is 1. The first-order valence-corrected chi connectivity index (χ1v) is 12.4. The zero-order chi connectivity index (χ0) is 23.3. The first-order valence-electron chi connectivity index (χ1n) is 10.1. The van der Waals surface area contributed by atoms with Crippen LogP contribution in [0.15, 0.2) is 59.6 Å². The number of carbonyl (C=O) groups is 1. The zero-order valence-corrected chi connectivity index (χ0v) is 19.4. The third-order valence-corrected chi connectivity index (χ3v) is 6.49. The Hall–Kier alpha value is -2.84. The number of rotatable bonds is 5. The topological polar surface area (TPSA) is 98.5 Å². The van der Waals surface area contributed by atoms with Crippen LogP contribution in [0, 0.1) is 0 Å². The summed E-state index contributed by atoms with van der Waals surface area (Å²) in [5, 5.41) is 13.4. The SMILES string of the molecule is CC1CCCc2c1cnn2CC(=O)O.CS(=O)(=O)c1ccc(Oc2cccc(Cl)c2)cc1. The highest BCUT2D eigenvalue weighted by atomic mass is 35.5. The van der Waals surface area contributed by atoms with Crippen LogP contribution in [0.4, 0.5) is 0 Å². The minimum atomic E-state index is -3.18. The molecule has 0 bridgehead atoms. The minimum Gasteiger partial charge on any atom is -0.480 e. The highest BCUT2D eigenvalue weighted by Gasteiger charge is 2.21. The van der Waals surface area contributed by atoms with Gasteiger partial charge in [0.25, 0.3) is 0 Å². The number of carboxylic acid groups (broad SMARTS) is 1. The molecule has 7 nitrogen and oxygen atoms in total. The van der Waals surface area contributed by atoms with Crippen molar-refractivity contribution in [2.45, 2.75) is 43.5 Å². The molecule has 1 aromatic heterocycles. The summed E-state index contributed by atoms with van der Waals surface area (Å²) >= 11 is 5.84. The van der Waals surface area contributed by atoms with Gasteiger partial charge in [-0.05, 0) is 73.2 Å². The Balaban J connectivity index is 0.000000186. The van der Waals surface area contributed by atoms with E-state index >= 15 is 0 Å². The zero-order valence-electron chi connectivity index (χ0n) is 17.9. The van der Waals surface area contributed by atoms with Crippen molar-refractivity contribution < 1.29 is 23.1 Å². The predicted octanol–water partition coefficient (Wildman–Crippen LogP) is 4.94. The standard InChI is InChI=1S/C13H11ClO3S.C10H14N2O2/c1-18(15,16)13-7-5-11(6-8-13)17-12-4-2-3-10(14)9-12;1-7-3-2-4-9-8(7)5-11-12(9)6-10(13)14/h2-9H,1H3;5,7H,2-4,6H2,1H3,(H,13,14). The Morgan fingerprint density at radius 3 is 2.56 bits per heavy atom. The molecule has 4 rings (SSSR count). The fourth-order valence-corrected chi connectivity index (χ4v) is 4.34. The van der Waals surface area contributed by atoms with Crippen molar-refractivity contribution in [3.8, 4) is 11.5 Å². The van der Waals surface area contributed by atoms with Crippen molar-refractivity contribution in [2.24, 2.45) is 0 Å². The number of carboxylic acids is 1. The van der Waals surface area contributed by atoms with Crippen LogP contribution >= 0.6 is 11.6 Å². The van der Waals surface area contributed by atoms with E-state index in [2.05, 4.69) is 12.0 Å². The van der Waals surface area contributed by atoms with E-state index in [1.54, 1.807) is 41.1 Å². The van der Waals surface area contributed by atoms with Gasteiger partial charge >= 0.3 is 5.97 Å². The van der Waals surface area contributed by atoms with Crippen molar-refractivity contribution in [2.75, 3.05) is 6.26 Å². The molecule has 3 aromatic rings. The Kier molecular flexibility index (Phi) is 7.58. The van der Waals surface area contributed by atoms with Crippen molar-refractivity contribution >= 4 is 27.4 Å². The number of halogens is 1. The third-order valence-electron chi connectivity index (χ3n) is 5.13. The second-order valence-corrected chi connectivity index (χ2v) is 10.1. The number of ether oxygens (including phenoxy) is 1. The van der Waals surface area contributed by atoms with E-state index in [9.17, 15) is 13.2 Å². The highest BCUT2D eigenvalue weighted by Crippen LogP contribution is 2.30. The van der Waals surface area contributed by atoms with Crippen LogP contribution in [0.2, 0.25) is 5.02 Å². The van der Waals surface area contributed by atoms with E-state index in [-0.39, 0.29) is 11.4 Å². The van der Waals surface area contributed by atoms with Crippen LogP contribution < -0.4 is 4.74 Å². The molecule has 0 radical (unpaired) electrons. The molecule has 2 aromatic carbocycles. The quantitative estimate of drug-likeness (QED) is 0.559. The summed E-state index contributed by atoms with van der Waals surface area (Å²) in [4.78, 5) is 10.8. The van der Waals surface area contributed by atoms with Gasteiger partial charge in [-0.2, -0.15) is 5.10 Å². The maximum Gasteiger partial charge on any atom is 0.325 e. The molecule has 1 atom stereocenters. The Morgan fingerprint density at radius 1 is 1.22 bits per heavy atom. The van der Waals surface area contributed by atoms with Gasteiger partial charge in [0.05, 0.1) is 11.1 Å². The van der Waals surface area contributed by atoms with Gasteiger partial charge in [0.1, 0.15) is 18.0 Å². The number of nitrogens with zero attached hydrogens (tertiary/aromatic N) is 2. The van der Waals surface area contributed by atoms with Gasteiger partial charge in [-0.25, -0.2) is 8.42 Å². The average molecular weight is 477 g/mol. The van der Waals surface area contributed by atoms with Crippen molar-refractivity contribution in [3.05, 3.63) is 71.0 Å². The molecule has 0 amide bonds. The van der Waals surface area contributed by atoms with Crippen molar-refractivity contribution in [1.29, 1.82) is 0 Å².